The Labute approximate surface area is 258 Å². The number of hydrogen-bond donors (Lipinski definition) is 9. The van der Waals surface area contributed by atoms with E-state index >= 15 is 0 Å². The summed E-state index contributed by atoms with van der Waals surface area (Å²) in [5, 5.41) is 64.5. The number of fused-ring (bicyclic) bond motifs is 2. The summed E-state index contributed by atoms with van der Waals surface area (Å²) in [6, 6.07) is 3.40. The van der Waals surface area contributed by atoms with E-state index in [9.17, 15) is 39.2 Å². The van der Waals surface area contributed by atoms with Crippen LogP contribution in [0, 0.1) is 13.8 Å². The number of aliphatic hydroxyl groups is 7. The van der Waals surface area contributed by atoms with Crippen LogP contribution in [-0.2, 0) is 20.4 Å². The Kier molecular flexibility index (Phi) is 14.6. The number of nitrogens with zero attached hydrogens (tertiary/aromatic N) is 3. The molecule has 0 saturated carbocycles. The maximum atomic E-state index is 12.2. The van der Waals surface area contributed by atoms with Gasteiger partial charge in [0.15, 0.2) is 17.8 Å². The number of rotatable bonds is 11. The molecule has 42 heavy (non-hydrogen) atoms. The average Bonchev–Trinajstić information content (AvgIpc) is 2.91. The van der Waals surface area contributed by atoms with Crippen LogP contribution >= 0.6 is 7.82 Å². The number of carbonyl (C=O) groups excluding carboxylic acids is 1. The van der Waals surface area contributed by atoms with E-state index in [1.54, 1.807) is 12.1 Å². The number of aromatic amines is 1. The first-order valence-electron chi connectivity index (χ1n) is 11.7. The first kappa shape index (κ1) is 38.0. The quantitative estimate of drug-likeness (QED) is 0.0412. The summed E-state index contributed by atoms with van der Waals surface area (Å²) < 4.78 is 16.0. The molecule has 0 aromatic heterocycles. The van der Waals surface area contributed by atoms with Gasteiger partial charge in [-0.15, -0.1) is 0 Å². The molecule has 20 heteroatoms. The number of aryl methyl sites for hydroxylation is 2. The topological polar surface area (TPSA) is 309 Å². The van der Waals surface area contributed by atoms with Gasteiger partial charge >= 0.3 is 35.2 Å². The molecule has 9 N–H and O–H groups in total. The van der Waals surface area contributed by atoms with Gasteiger partial charge < -0.3 is 59.4 Å². The Bertz CT molecular complexity index is 1480. The zero-order valence-corrected chi connectivity index (χ0v) is 25.5. The zero-order chi connectivity index (χ0) is 31.2. The van der Waals surface area contributed by atoms with Gasteiger partial charge in [0.2, 0.25) is 0 Å². The molecule has 0 spiro atoms. The van der Waals surface area contributed by atoms with Crippen LogP contribution in [0.25, 0.3) is 22.6 Å². The summed E-state index contributed by atoms with van der Waals surface area (Å²) in [6.07, 6.45) is -10.1. The molecule has 0 fully saturated rings. The second-order valence-corrected chi connectivity index (χ2v) is 10.1. The monoisotopic (exact) mass is 628 g/mol. The van der Waals surface area contributed by atoms with E-state index in [0.29, 0.717) is 11.0 Å². The molecule has 1 aromatic carbocycles. The number of carbonyl (C=O) groups is 1. The van der Waals surface area contributed by atoms with E-state index in [4.69, 9.17) is 25.3 Å². The van der Waals surface area contributed by atoms with Gasteiger partial charge in [-0.05, 0) is 37.1 Å². The molecule has 3 rings (SSSR count). The van der Waals surface area contributed by atoms with Crippen LogP contribution in [0.15, 0.2) is 21.7 Å². The Morgan fingerprint density at radius 1 is 1.02 bits per heavy atom. The van der Waals surface area contributed by atoms with Gasteiger partial charge in [0.05, 0.1) is 30.8 Å². The van der Waals surface area contributed by atoms with Gasteiger partial charge in [0.25, 0.3) is 13.4 Å². The fourth-order valence-electron chi connectivity index (χ4n) is 3.47. The normalized spacial score (nSPS) is 17.1. The fraction of sp³-hybridized carbons (Fsp3) is 0.500. The molecule has 0 bridgehead atoms. The van der Waals surface area contributed by atoms with E-state index in [-0.39, 0.29) is 47.4 Å². The Morgan fingerprint density at radius 3 is 2.17 bits per heavy atom. The number of hydrogen-bond acceptors (Lipinski definition) is 15. The van der Waals surface area contributed by atoms with Crippen molar-refractivity contribution in [3.8, 4) is 11.5 Å². The minimum atomic E-state index is -5.14. The van der Waals surface area contributed by atoms with Crippen LogP contribution < -0.4 is 45.7 Å². The molecule has 0 aliphatic carbocycles. The van der Waals surface area contributed by atoms with Crippen molar-refractivity contribution in [3.05, 3.63) is 44.1 Å². The van der Waals surface area contributed by atoms with E-state index in [2.05, 4.69) is 14.5 Å². The van der Waals surface area contributed by atoms with Crippen molar-refractivity contribution in [2.75, 3.05) is 13.2 Å². The predicted octanol–water partition coefficient (Wildman–Crippen LogP) is -7.97. The van der Waals surface area contributed by atoms with Gasteiger partial charge in [-0.2, -0.15) is 4.98 Å². The van der Waals surface area contributed by atoms with Crippen LogP contribution in [0.3, 0.4) is 0 Å². The van der Waals surface area contributed by atoms with Crippen molar-refractivity contribution >= 4 is 25.1 Å². The van der Waals surface area contributed by atoms with Gasteiger partial charge in [-0.1, -0.05) is 0 Å². The molecule has 7 atom stereocenters. The standard InChI is InChI=1S/C17H21N4O9P.C5H10O5.Na/c1-7-3-9-10(4-8(7)2)21(15-13(18-9)16(25)20-17(26)19-15)5-11(22)14(24)12(23)6-30-31(27,28)29;6-1-3(8)5(10)4(9)2-7;/h3-4,11-12,14,22-24H,5-6H2,1-2H3,(H,20,25,26)(H2,27,28,29);1,3-5,7-10H,2H2;/q;;+1/p-1/t11-,12+,14-;3-,4+,5-;/m00./s1. The maximum absolute atomic E-state index is 12.2. The second kappa shape index (κ2) is 16.2. The van der Waals surface area contributed by atoms with Crippen molar-refractivity contribution in [1.82, 2.24) is 19.5 Å². The number of phosphoric acid groups is 1. The van der Waals surface area contributed by atoms with Crippen LogP contribution in [-0.4, -0.2) is 116 Å². The summed E-state index contributed by atoms with van der Waals surface area (Å²) in [5.41, 5.74) is 0.565. The first-order chi connectivity index (χ1) is 19.0. The number of benzene rings is 1. The molecule has 0 radical (unpaired) electrons. The third kappa shape index (κ3) is 10.0. The van der Waals surface area contributed by atoms with Crippen molar-refractivity contribution in [2.45, 2.75) is 57.0 Å². The number of aliphatic hydroxyl groups excluding tert-OH is 7. The molecular formula is C22H30N4NaO14P. The molecule has 18 nitrogen and oxygen atoms in total. The Morgan fingerprint density at radius 2 is 1.62 bits per heavy atom. The molecule has 2 heterocycles. The first-order valence-corrected chi connectivity index (χ1v) is 13.2. The number of phosphoric ester groups is 1. The van der Waals surface area contributed by atoms with Gasteiger partial charge in [0, 0.05) is 0 Å². The van der Waals surface area contributed by atoms with E-state index < -0.39 is 75.5 Å². The van der Waals surface area contributed by atoms with Gasteiger partial charge in [0.1, 0.15) is 36.6 Å². The molecule has 0 amide bonds. The Hall–Kier alpha value is -2.00. The summed E-state index contributed by atoms with van der Waals surface area (Å²) >= 11 is 0. The van der Waals surface area contributed by atoms with Crippen LogP contribution in [0.4, 0.5) is 0 Å². The van der Waals surface area contributed by atoms with Crippen molar-refractivity contribution < 1.29 is 89.0 Å². The fourth-order valence-corrected chi connectivity index (χ4v) is 3.81. The van der Waals surface area contributed by atoms with Crippen molar-refractivity contribution in [3.63, 3.8) is 0 Å². The summed E-state index contributed by atoms with van der Waals surface area (Å²) in [6.45, 7) is 1.51. The zero-order valence-electron chi connectivity index (χ0n) is 22.6. The van der Waals surface area contributed by atoms with Crippen molar-refractivity contribution in [1.29, 1.82) is 0 Å². The van der Waals surface area contributed by atoms with Crippen LogP contribution in [0.2, 0.25) is 0 Å². The molecule has 0 saturated heterocycles. The average molecular weight is 628 g/mol. The van der Waals surface area contributed by atoms with E-state index in [0.717, 1.165) is 11.1 Å². The molecular weight excluding hydrogens is 598 g/mol. The predicted molar refractivity (Wildman–Crippen MR) is 135 cm³/mol. The molecule has 1 unspecified atom stereocenters. The van der Waals surface area contributed by atoms with E-state index in [1.165, 1.54) is 4.57 Å². The van der Waals surface area contributed by atoms with Crippen molar-refractivity contribution in [2.24, 2.45) is 0 Å². The minimum Gasteiger partial charge on any atom is -0.756 e. The molecule has 228 valence electrons. The SMILES string of the molecule is Cc1cc2nc3c(=O)[nH]c(=O)nc-3n(C[C@H](O)[C@H](O)[C@H](O)COP(=O)([O-])O)c2cc1C.O=C[C@H](O)[C@H](O)[C@H](O)CO.[Na+]. The molecule has 2 aliphatic heterocycles. The van der Waals surface area contributed by atoms with Gasteiger partial charge in [-0.3, -0.25) is 14.3 Å². The third-order valence-electron chi connectivity index (χ3n) is 5.86. The van der Waals surface area contributed by atoms with Crippen LogP contribution in [0.5, 0.6) is 0 Å². The summed E-state index contributed by atoms with van der Waals surface area (Å²) in [4.78, 5) is 63.0. The van der Waals surface area contributed by atoms with Gasteiger partial charge in [-0.25, -0.2) is 9.78 Å². The second-order valence-electron chi connectivity index (χ2n) is 8.95. The Balaban J connectivity index is 0.000000689. The largest absolute Gasteiger partial charge is 1.00 e. The number of H-pyrrole nitrogens is 1. The summed E-state index contributed by atoms with van der Waals surface area (Å²) in [5.74, 6) is -0.152. The minimum absolute atomic E-state index is 0. The summed E-state index contributed by atoms with van der Waals surface area (Å²) in [7, 11) is -5.14. The van der Waals surface area contributed by atoms with Crippen LogP contribution in [0.1, 0.15) is 11.1 Å². The smallest absolute Gasteiger partial charge is 0.756 e. The maximum Gasteiger partial charge on any atom is 1.00 e. The number of aldehydes is 1. The third-order valence-corrected chi connectivity index (χ3v) is 6.34. The number of nitrogens with one attached hydrogen (secondary N) is 1. The van der Waals surface area contributed by atoms with E-state index in [1.807, 2.05) is 18.8 Å². The molecule has 1 aromatic rings. The number of aromatic nitrogens is 4. The molecule has 2 aliphatic rings.